The summed E-state index contributed by atoms with van der Waals surface area (Å²) in [5.74, 6) is 0. The van der Waals surface area contributed by atoms with E-state index in [2.05, 4.69) is 10.3 Å². The molecule has 1 heterocycles. The van der Waals surface area contributed by atoms with Crippen LogP contribution in [0.25, 0.3) is 0 Å². The Morgan fingerprint density at radius 3 is 2.85 bits per heavy atom. The van der Waals surface area contributed by atoms with Crippen molar-refractivity contribution < 1.29 is 4.79 Å². The first-order valence-corrected chi connectivity index (χ1v) is 4.76. The number of hydrogen-bond acceptors (Lipinski definition) is 3. The van der Waals surface area contributed by atoms with Gasteiger partial charge in [0.25, 0.3) is 0 Å². The molecule has 1 saturated carbocycles. The van der Waals surface area contributed by atoms with Gasteiger partial charge < -0.3 is 0 Å². The highest BCUT2D eigenvalue weighted by molar-refractivity contribution is 5.73. The molecule has 0 bridgehead atoms. The second kappa shape index (κ2) is 3.28. The van der Waals surface area contributed by atoms with Crippen LogP contribution in [-0.2, 0) is 6.42 Å². The van der Waals surface area contributed by atoms with Crippen molar-refractivity contribution in [2.24, 2.45) is 0 Å². The molecule has 1 aromatic rings. The van der Waals surface area contributed by atoms with Gasteiger partial charge in [-0.2, -0.15) is 0 Å². The summed E-state index contributed by atoms with van der Waals surface area (Å²) in [4.78, 5) is 10.6. The summed E-state index contributed by atoms with van der Waals surface area (Å²) in [6.07, 6.45) is 5.24. The lowest BCUT2D eigenvalue weighted by molar-refractivity contribution is 0.111. The monoisotopic (exact) mass is 179 g/mol. The van der Waals surface area contributed by atoms with E-state index in [-0.39, 0.29) is 0 Å². The highest BCUT2D eigenvalue weighted by atomic mass is 16.1. The molecule has 0 spiro atoms. The minimum atomic E-state index is 0.496. The summed E-state index contributed by atoms with van der Waals surface area (Å²) in [5, 5.41) is 7.87. The summed E-state index contributed by atoms with van der Waals surface area (Å²) in [6.45, 7) is 2.03. The summed E-state index contributed by atoms with van der Waals surface area (Å²) in [6, 6.07) is 0.496. The normalized spacial score (nSPS) is 17.0. The number of rotatable bonds is 3. The van der Waals surface area contributed by atoms with Gasteiger partial charge in [0.1, 0.15) is 5.69 Å². The molecule has 4 heteroatoms. The molecule has 0 unspecified atom stereocenters. The lowest BCUT2D eigenvalue weighted by Crippen LogP contribution is -2.20. The van der Waals surface area contributed by atoms with Gasteiger partial charge >= 0.3 is 0 Å². The number of aldehydes is 1. The Labute approximate surface area is 76.9 Å². The van der Waals surface area contributed by atoms with Crippen LogP contribution < -0.4 is 0 Å². The largest absolute Gasteiger partial charge is 0.296 e. The molecule has 0 saturated heterocycles. The average Bonchev–Trinajstić information content (AvgIpc) is 2.44. The first kappa shape index (κ1) is 8.41. The number of nitrogens with zero attached hydrogens (tertiary/aromatic N) is 3. The lowest BCUT2D eigenvalue weighted by atomic mass is 9.93. The van der Waals surface area contributed by atoms with Crippen LogP contribution in [-0.4, -0.2) is 21.3 Å². The van der Waals surface area contributed by atoms with Crippen LogP contribution in [0.4, 0.5) is 0 Å². The number of aromatic nitrogens is 3. The van der Waals surface area contributed by atoms with E-state index in [1.165, 1.54) is 19.3 Å². The van der Waals surface area contributed by atoms with Crippen LogP contribution >= 0.6 is 0 Å². The van der Waals surface area contributed by atoms with E-state index in [0.29, 0.717) is 11.7 Å². The SMILES string of the molecule is CCc1c(C=O)nnn1C1CCC1. The van der Waals surface area contributed by atoms with Crippen LogP contribution in [0.15, 0.2) is 0 Å². The molecule has 0 aromatic carbocycles. The van der Waals surface area contributed by atoms with Gasteiger partial charge in [0.15, 0.2) is 6.29 Å². The van der Waals surface area contributed by atoms with E-state index < -0.39 is 0 Å². The molecule has 0 N–H and O–H groups in total. The highest BCUT2D eigenvalue weighted by Gasteiger charge is 2.24. The molecule has 0 radical (unpaired) electrons. The molecular formula is C9H13N3O. The maximum Gasteiger partial charge on any atom is 0.172 e. The third-order valence-electron chi connectivity index (χ3n) is 2.69. The molecule has 0 amide bonds. The standard InChI is InChI=1S/C9H13N3O/c1-2-9-8(6-13)10-11-12(9)7-4-3-5-7/h6-7H,2-5H2,1H3. The van der Waals surface area contributed by atoms with Gasteiger partial charge in [0, 0.05) is 0 Å². The van der Waals surface area contributed by atoms with Crippen LogP contribution in [0.5, 0.6) is 0 Å². The van der Waals surface area contributed by atoms with Crippen molar-refractivity contribution in [3.63, 3.8) is 0 Å². The first-order chi connectivity index (χ1) is 6.36. The Hall–Kier alpha value is -1.19. The fourth-order valence-electron chi connectivity index (χ4n) is 1.68. The summed E-state index contributed by atoms with van der Waals surface area (Å²) < 4.78 is 1.92. The zero-order valence-corrected chi connectivity index (χ0v) is 7.73. The Morgan fingerprint density at radius 1 is 1.62 bits per heavy atom. The fraction of sp³-hybridized carbons (Fsp3) is 0.667. The van der Waals surface area contributed by atoms with E-state index in [0.717, 1.165) is 18.4 Å². The fourth-order valence-corrected chi connectivity index (χ4v) is 1.68. The van der Waals surface area contributed by atoms with Gasteiger partial charge in [-0.25, -0.2) is 4.68 Å². The van der Waals surface area contributed by atoms with Crippen molar-refractivity contribution >= 4 is 6.29 Å². The van der Waals surface area contributed by atoms with Crippen molar-refractivity contribution in [2.75, 3.05) is 0 Å². The molecule has 1 aromatic heterocycles. The number of carbonyl (C=O) groups excluding carboxylic acids is 1. The topological polar surface area (TPSA) is 47.8 Å². The van der Waals surface area contributed by atoms with Gasteiger partial charge in [-0.3, -0.25) is 4.79 Å². The smallest absolute Gasteiger partial charge is 0.172 e. The molecule has 1 aliphatic rings. The van der Waals surface area contributed by atoms with Crippen molar-refractivity contribution in [3.8, 4) is 0 Å². The van der Waals surface area contributed by atoms with E-state index in [9.17, 15) is 4.79 Å². The predicted octanol–water partition coefficient (Wildman–Crippen LogP) is 1.38. The molecule has 1 aliphatic carbocycles. The zero-order chi connectivity index (χ0) is 9.26. The third kappa shape index (κ3) is 1.26. The number of hydrogen-bond donors (Lipinski definition) is 0. The molecule has 70 valence electrons. The van der Waals surface area contributed by atoms with Crippen LogP contribution in [0.2, 0.25) is 0 Å². The maximum atomic E-state index is 10.6. The summed E-state index contributed by atoms with van der Waals surface area (Å²) in [7, 11) is 0. The van der Waals surface area contributed by atoms with Gasteiger partial charge in [-0.05, 0) is 25.7 Å². The molecule has 4 nitrogen and oxygen atoms in total. The molecule has 13 heavy (non-hydrogen) atoms. The van der Waals surface area contributed by atoms with Crippen LogP contribution in [0, 0.1) is 0 Å². The minimum absolute atomic E-state index is 0.496. The van der Waals surface area contributed by atoms with Crippen molar-refractivity contribution in [1.29, 1.82) is 0 Å². The Kier molecular flexibility index (Phi) is 2.12. The van der Waals surface area contributed by atoms with Crippen molar-refractivity contribution in [3.05, 3.63) is 11.4 Å². The van der Waals surface area contributed by atoms with Crippen molar-refractivity contribution in [2.45, 2.75) is 38.6 Å². The van der Waals surface area contributed by atoms with Crippen molar-refractivity contribution in [1.82, 2.24) is 15.0 Å². The van der Waals surface area contributed by atoms with Crippen LogP contribution in [0.1, 0.15) is 48.4 Å². The Bertz CT molecular complexity index is 315. The molecule has 1 fully saturated rings. The van der Waals surface area contributed by atoms with Gasteiger partial charge in [0.2, 0.25) is 0 Å². The van der Waals surface area contributed by atoms with E-state index in [4.69, 9.17) is 0 Å². The van der Waals surface area contributed by atoms with Gasteiger partial charge in [-0.15, -0.1) is 5.10 Å². The van der Waals surface area contributed by atoms with Gasteiger partial charge in [-0.1, -0.05) is 12.1 Å². The number of carbonyl (C=O) groups is 1. The van der Waals surface area contributed by atoms with Gasteiger partial charge in [0.05, 0.1) is 11.7 Å². The lowest BCUT2D eigenvalue weighted by Gasteiger charge is -2.26. The van der Waals surface area contributed by atoms with E-state index in [1.807, 2.05) is 11.6 Å². The highest BCUT2D eigenvalue weighted by Crippen LogP contribution is 2.31. The second-order valence-electron chi connectivity index (χ2n) is 3.42. The summed E-state index contributed by atoms with van der Waals surface area (Å²) in [5.41, 5.74) is 1.49. The second-order valence-corrected chi connectivity index (χ2v) is 3.42. The first-order valence-electron chi connectivity index (χ1n) is 4.76. The molecule has 0 aliphatic heterocycles. The molecular weight excluding hydrogens is 166 g/mol. The van der Waals surface area contributed by atoms with E-state index >= 15 is 0 Å². The zero-order valence-electron chi connectivity index (χ0n) is 7.73. The van der Waals surface area contributed by atoms with E-state index in [1.54, 1.807) is 0 Å². The minimum Gasteiger partial charge on any atom is -0.296 e. The quantitative estimate of drug-likeness (QED) is 0.658. The maximum absolute atomic E-state index is 10.6. The molecule has 2 rings (SSSR count). The third-order valence-corrected chi connectivity index (χ3v) is 2.69. The molecule has 0 atom stereocenters. The Balaban J connectivity index is 2.33. The predicted molar refractivity (Wildman–Crippen MR) is 47.7 cm³/mol. The Morgan fingerprint density at radius 2 is 2.38 bits per heavy atom. The van der Waals surface area contributed by atoms with Crippen LogP contribution in [0.3, 0.4) is 0 Å². The summed E-state index contributed by atoms with van der Waals surface area (Å²) >= 11 is 0. The average molecular weight is 179 g/mol.